The quantitative estimate of drug-likeness (QED) is 0.118. The number of nitrogen functional groups attached to an aromatic ring is 1. The number of nitrogens with two attached hydrogens (primary N) is 1. The lowest BCUT2D eigenvalue weighted by atomic mass is 9.78. The van der Waals surface area contributed by atoms with Gasteiger partial charge in [-0.2, -0.15) is 3.89 Å². The second-order valence-electron chi connectivity index (χ2n) is 18.4. The van der Waals surface area contributed by atoms with Gasteiger partial charge in [-0.05, 0) is 106 Å². The van der Waals surface area contributed by atoms with Crippen molar-refractivity contribution in [2.24, 2.45) is 17.8 Å². The van der Waals surface area contributed by atoms with Crippen molar-refractivity contribution >= 4 is 35.7 Å². The lowest BCUT2D eigenvalue weighted by Crippen LogP contribution is -2.61. The zero-order valence-corrected chi connectivity index (χ0v) is 40.5. The van der Waals surface area contributed by atoms with Gasteiger partial charge < -0.3 is 44.3 Å². The molecule has 0 aliphatic carbocycles. The molecule has 356 valence electrons. The number of hydrogen-bond donors (Lipinski definition) is 2. The van der Waals surface area contributed by atoms with Gasteiger partial charge in [0.05, 0.1) is 30.0 Å². The average Bonchev–Trinajstić information content (AvgIpc) is 3.81. The Hall–Kier alpha value is -3.39. The normalized spacial score (nSPS) is 35.0. The number of carbonyl (C=O) groups excluding carboxylic acids is 3. The molecule has 5 rings (SSSR count). The molecule has 13 atom stereocenters. The molecule has 1 aromatic carbocycles. The minimum absolute atomic E-state index is 0.00137. The highest BCUT2D eigenvalue weighted by Gasteiger charge is 2.59. The summed E-state index contributed by atoms with van der Waals surface area (Å²) in [4.78, 5) is 48.4. The number of ether oxygens (including phenoxy) is 5. The van der Waals surface area contributed by atoms with Gasteiger partial charge >= 0.3 is 12.1 Å². The summed E-state index contributed by atoms with van der Waals surface area (Å²) in [6, 6.07) is 6.53. The highest BCUT2D eigenvalue weighted by Crippen LogP contribution is 2.41. The van der Waals surface area contributed by atoms with Gasteiger partial charge in [-0.1, -0.05) is 38.1 Å². The number of hydrogen-bond acceptors (Lipinski definition) is 15. The van der Waals surface area contributed by atoms with Crippen molar-refractivity contribution in [3.8, 4) is 11.3 Å². The molecular formula is C45H74FN7O9S. The predicted octanol–water partition coefficient (Wildman–Crippen LogP) is 5.86. The number of unbranched alkanes of at least 4 members (excludes halogenated alkanes) is 1. The number of cyclic esters (lactones) is 1. The van der Waals surface area contributed by atoms with Crippen LogP contribution in [-0.2, 0) is 39.8 Å². The Bertz CT molecular complexity index is 1810. The topological polar surface area (TPSA) is 184 Å². The van der Waals surface area contributed by atoms with Crippen molar-refractivity contribution < 1.29 is 47.1 Å². The van der Waals surface area contributed by atoms with E-state index in [1.54, 1.807) is 30.5 Å². The molecule has 3 fully saturated rings. The van der Waals surface area contributed by atoms with Crippen LogP contribution in [0.1, 0.15) is 87.5 Å². The van der Waals surface area contributed by atoms with Crippen molar-refractivity contribution in [3.05, 3.63) is 30.5 Å². The van der Waals surface area contributed by atoms with Gasteiger partial charge in [0.1, 0.15) is 23.8 Å². The van der Waals surface area contributed by atoms with Crippen LogP contribution in [0.25, 0.3) is 11.3 Å². The number of benzene rings is 1. The molecule has 0 bridgehead atoms. The number of aryl methyl sites for hydroxylation is 1. The number of rotatable bonds is 11. The van der Waals surface area contributed by atoms with Gasteiger partial charge in [0.15, 0.2) is 17.7 Å². The standard InChI is InChI=1S/C44H71N7O9.CH3FS/c1-13-35-44(8)38(51(42(55)60-44)20-15-14-19-50-25-33(46-47-50)31-17-16-18-32(45)22-31)30(6)49(11)24-26(2)23-43(7,56-12)39(28(4)36(52)29(5)40(54)58-35)59-41-37(53)34(48(9)10)21-27(3)57-41;1-3-2/h16-18,22,25-30,34-35,37-39,41,53H,13-15,19-21,23-24,45H2,1-12H3;1H3/t26-,27-,28+,29-,30-,34?,35-,37?,38-,39-,41+,43-,44-;/m1./s1. The van der Waals surface area contributed by atoms with E-state index in [0.29, 0.717) is 57.4 Å². The fourth-order valence-electron chi connectivity index (χ4n) is 9.82. The Morgan fingerprint density at radius 3 is 2.38 bits per heavy atom. The molecule has 4 heterocycles. The number of ketones is 1. The van der Waals surface area contributed by atoms with Gasteiger partial charge in [0.2, 0.25) is 0 Å². The van der Waals surface area contributed by atoms with Crippen LogP contribution in [0.4, 0.5) is 14.4 Å². The van der Waals surface area contributed by atoms with Crippen LogP contribution in [0.15, 0.2) is 30.5 Å². The molecule has 18 heteroatoms. The summed E-state index contributed by atoms with van der Waals surface area (Å²) < 4.78 is 43.7. The Kier molecular flexibility index (Phi) is 18.8. The average molecular weight is 908 g/mol. The van der Waals surface area contributed by atoms with Crippen LogP contribution in [0.3, 0.4) is 0 Å². The number of halogens is 1. The molecule has 3 aliphatic rings. The zero-order valence-electron chi connectivity index (χ0n) is 39.7. The maximum absolute atomic E-state index is 14.4. The largest absolute Gasteiger partial charge is 0.458 e. The number of esters is 1. The van der Waals surface area contributed by atoms with Gasteiger partial charge in [0.25, 0.3) is 0 Å². The van der Waals surface area contributed by atoms with E-state index in [1.165, 1.54) is 6.26 Å². The molecule has 2 aromatic rings. The predicted molar refractivity (Wildman–Crippen MR) is 241 cm³/mol. The van der Waals surface area contributed by atoms with E-state index >= 15 is 0 Å². The van der Waals surface area contributed by atoms with E-state index in [0.717, 1.165) is 11.3 Å². The van der Waals surface area contributed by atoms with Crippen molar-refractivity contribution in [1.29, 1.82) is 0 Å². The first-order valence-corrected chi connectivity index (χ1v) is 23.3. The van der Waals surface area contributed by atoms with Crippen LogP contribution in [-0.4, -0.2) is 160 Å². The first-order valence-electron chi connectivity index (χ1n) is 22.2. The fourth-order valence-corrected chi connectivity index (χ4v) is 9.82. The Morgan fingerprint density at radius 2 is 1.76 bits per heavy atom. The molecule has 0 radical (unpaired) electrons. The summed E-state index contributed by atoms with van der Waals surface area (Å²) in [7, 11) is 7.43. The number of fused-ring (bicyclic) bond motifs is 1. The number of amides is 1. The number of aromatic nitrogens is 3. The summed E-state index contributed by atoms with van der Waals surface area (Å²) in [5.41, 5.74) is 5.97. The van der Waals surface area contributed by atoms with Crippen molar-refractivity contribution in [2.75, 3.05) is 53.3 Å². The monoisotopic (exact) mass is 908 g/mol. The molecule has 1 aromatic heterocycles. The highest BCUT2D eigenvalue weighted by molar-refractivity contribution is 7.93. The molecule has 0 spiro atoms. The zero-order chi connectivity index (χ0) is 47.0. The molecule has 0 saturated carbocycles. The minimum Gasteiger partial charge on any atom is -0.458 e. The third kappa shape index (κ3) is 12.3. The van der Waals surface area contributed by atoms with Crippen LogP contribution >= 0.6 is 12.1 Å². The third-order valence-electron chi connectivity index (χ3n) is 13.3. The Morgan fingerprint density at radius 1 is 1.10 bits per heavy atom. The smallest absolute Gasteiger partial charge is 0.410 e. The van der Waals surface area contributed by atoms with E-state index < -0.39 is 71.5 Å². The number of nitrogens with zero attached hydrogens (tertiary/aromatic N) is 6. The number of aliphatic hydroxyl groups excluding tert-OH is 1. The van der Waals surface area contributed by atoms with E-state index in [4.69, 9.17) is 29.4 Å². The van der Waals surface area contributed by atoms with Crippen LogP contribution in [0.2, 0.25) is 0 Å². The van der Waals surface area contributed by atoms with E-state index in [-0.39, 0.29) is 36.3 Å². The summed E-state index contributed by atoms with van der Waals surface area (Å²) in [6.45, 7) is 16.7. The lowest BCUT2D eigenvalue weighted by molar-refractivity contribution is -0.295. The maximum Gasteiger partial charge on any atom is 0.410 e. The van der Waals surface area contributed by atoms with Gasteiger partial charge in [-0.25, -0.2) is 4.79 Å². The van der Waals surface area contributed by atoms with E-state index in [9.17, 15) is 23.4 Å². The third-order valence-corrected chi connectivity index (χ3v) is 13.3. The number of anilines is 1. The molecule has 16 nitrogen and oxygen atoms in total. The van der Waals surface area contributed by atoms with Crippen molar-refractivity contribution in [3.63, 3.8) is 0 Å². The SMILES string of the molecule is CC[C@H]1OC(=O)[C@H](C)C(=O)[C@H](C)[C@@H](O[C@@H]2O[C@H](C)CC(N(C)C)C2O)[C@](C)(OC)C[C@@H](C)CN(C)[C@H](C)[C@H]2N(CCCCn3cc(-c4cccc(N)c4)nn3)C(=O)O[C@]12C.CSF. The number of likely N-dealkylation sites (N-methyl/N-ethyl adjacent to an activating group) is 2. The second-order valence-corrected chi connectivity index (χ2v) is 18.7. The molecule has 63 heavy (non-hydrogen) atoms. The summed E-state index contributed by atoms with van der Waals surface area (Å²) in [6.07, 6.45) is 1.61. The number of aliphatic hydroxyl groups is 1. The molecule has 2 unspecified atom stereocenters. The molecular weight excluding hydrogens is 834 g/mol. The number of methoxy groups -OCH3 is 1. The van der Waals surface area contributed by atoms with Crippen LogP contribution < -0.4 is 5.73 Å². The number of carbonyl (C=O) groups is 3. The minimum atomic E-state index is -1.23. The molecule has 3 N–H and O–H groups in total. The Labute approximate surface area is 378 Å². The van der Waals surface area contributed by atoms with Crippen LogP contribution in [0.5, 0.6) is 0 Å². The first-order chi connectivity index (χ1) is 29.7. The number of Topliss-reactive ketones (excluding diaryl/α,β-unsaturated/α-hetero) is 1. The van der Waals surface area contributed by atoms with Crippen molar-refractivity contribution in [2.45, 2.75) is 154 Å². The highest BCUT2D eigenvalue weighted by atomic mass is 32.2. The van der Waals surface area contributed by atoms with Gasteiger partial charge in [-0.15, -0.1) is 5.10 Å². The van der Waals surface area contributed by atoms with E-state index in [1.807, 2.05) is 84.2 Å². The first kappa shape index (κ1) is 52.2. The summed E-state index contributed by atoms with van der Waals surface area (Å²) in [5.74, 6) is -3.14. The fraction of sp³-hybridized carbons (Fsp3) is 0.756. The maximum atomic E-state index is 14.4. The van der Waals surface area contributed by atoms with Gasteiger partial charge in [0, 0.05) is 74.4 Å². The Balaban J connectivity index is 0.00000282. The van der Waals surface area contributed by atoms with Crippen molar-refractivity contribution in [1.82, 2.24) is 29.7 Å². The lowest BCUT2D eigenvalue weighted by Gasteiger charge is -2.47. The molecule has 3 saturated heterocycles. The van der Waals surface area contributed by atoms with Crippen LogP contribution in [0, 0.1) is 17.8 Å². The summed E-state index contributed by atoms with van der Waals surface area (Å²) in [5, 5.41) is 20.1. The van der Waals surface area contributed by atoms with E-state index in [2.05, 4.69) is 29.1 Å². The second kappa shape index (κ2) is 22.7. The van der Waals surface area contributed by atoms with Gasteiger partial charge in [-0.3, -0.25) is 19.2 Å². The molecule has 3 aliphatic heterocycles. The molecule has 1 amide bonds. The summed E-state index contributed by atoms with van der Waals surface area (Å²) >= 11 is 0.250.